The largest absolute Gasteiger partial charge is 0.494 e. The summed E-state index contributed by atoms with van der Waals surface area (Å²) in [5.74, 6) is -0.0735. The molecule has 0 aromatic heterocycles. The Balaban J connectivity index is 1.90. The number of ether oxygens (including phenoxy) is 1. The molecule has 0 spiro atoms. The monoisotopic (exact) mass is 393 g/mol. The van der Waals surface area contributed by atoms with Crippen molar-refractivity contribution >= 4 is 57.6 Å². The molecule has 0 unspecified atom stereocenters. The van der Waals surface area contributed by atoms with Gasteiger partial charge in [-0.05, 0) is 48.9 Å². The molecule has 25 heavy (non-hydrogen) atoms. The molecule has 0 atom stereocenters. The topological polar surface area (TPSA) is 29.5 Å². The second-order valence-electron chi connectivity index (χ2n) is 5.12. The Morgan fingerprint density at radius 1 is 1.32 bits per heavy atom. The van der Waals surface area contributed by atoms with Gasteiger partial charge in [0.25, 0.3) is 5.91 Å². The molecule has 0 saturated carbocycles. The molecular weight excluding hydrogens is 381 g/mol. The Kier molecular flexibility index (Phi) is 5.42. The minimum atomic E-state index is -0.542. The first-order chi connectivity index (χ1) is 12.0. The highest BCUT2D eigenvalue weighted by Gasteiger charge is 2.33. The molecular formula is C18H13ClFNO2S2. The fraction of sp³-hybridized carbons (Fsp3) is 0.111. The van der Waals surface area contributed by atoms with E-state index in [1.54, 1.807) is 6.08 Å². The number of carbonyl (C=O) groups excluding carboxylic acids is 1. The fourth-order valence-corrected chi connectivity index (χ4v) is 3.80. The maximum atomic E-state index is 13.3. The minimum absolute atomic E-state index is 0.0556. The van der Waals surface area contributed by atoms with E-state index >= 15 is 0 Å². The summed E-state index contributed by atoms with van der Waals surface area (Å²) in [6, 6.07) is 11.5. The van der Waals surface area contributed by atoms with Crippen LogP contribution in [0.3, 0.4) is 0 Å². The van der Waals surface area contributed by atoms with Crippen molar-refractivity contribution in [3.8, 4) is 5.75 Å². The number of halogens is 2. The number of rotatable bonds is 4. The molecule has 0 bridgehead atoms. The van der Waals surface area contributed by atoms with Crippen molar-refractivity contribution in [2.45, 2.75) is 6.92 Å². The summed E-state index contributed by atoms with van der Waals surface area (Å²) in [7, 11) is 0. The Morgan fingerprint density at radius 2 is 2.12 bits per heavy atom. The van der Waals surface area contributed by atoms with Crippen LogP contribution in [0.1, 0.15) is 12.5 Å². The van der Waals surface area contributed by atoms with Crippen molar-refractivity contribution < 1.29 is 13.9 Å². The third kappa shape index (κ3) is 3.86. The normalized spacial score (nSPS) is 16.0. The third-order valence-corrected chi connectivity index (χ3v) is 5.01. The summed E-state index contributed by atoms with van der Waals surface area (Å²) in [4.78, 5) is 14.5. The number of benzene rings is 2. The zero-order valence-electron chi connectivity index (χ0n) is 13.2. The SMILES string of the molecule is CCOc1cccc(/C=C2\SC(=S)N(c3ccc(F)c(Cl)c3)C2=O)c1. The molecule has 0 aliphatic carbocycles. The van der Waals surface area contributed by atoms with Crippen LogP contribution >= 0.6 is 35.6 Å². The Labute approximate surface area is 159 Å². The Morgan fingerprint density at radius 3 is 2.84 bits per heavy atom. The van der Waals surface area contributed by atoms with Gasteiger partial charge in [0.05, 0.1) is 22.2 Å². The average Bonchev–Trinajstić information content (AvgIpc) is 2.85. The molecule has 2 aromatic rings. The highest BCUT2D eigenvalue weighted by molar-refractivity contribution is 8.27. The van der Waals surface area contributed by atoms with Crippen LogP contribution in [0.15, 0.2) is 47.4 Å². The predicted octanol–water partition coefficient (Wildman–Crippen LogP) is 5.28. The van der Waals surface area contributed by atoms with Gasteiger partial charge >= 0.3 is 0 Å². The molecule has 7 heteroatoms. The molecule has 0 radical (unpaired) electrons. The van der Waals surface area contributed by atoms with Gasteiger partial charge in [-0.25, -0.2) is 4.39 Å². The van der Waals surface area contributed by atoms with Crippen LogP contribution in [-0.2, 0) is 4.79 Å². The summed E-state index contributed by atoms with van der Waals surface area (Å²) >= 11 is 12.3. The fourth-order valence-electron chi connectivity index (χ4n) is 2.33. The van der Waals surface area contributed by atoms with E-state index in [9.17, 15) is 9.18 Å². The second kappa shape index (κ2) is 7.56. The summed E-state index contributed by atoms with van der Waals surface area (Å²) in [5.41, 5.74) is 1.28. The van der Waals surface area contributed by atoms with Crippen LogP contribution in [-0.4, -0.2) is 16.8 Å². The highest BCUT2D eigenvalue weighted by atomic mass is 35.5. The summed E-state index contributed by atoms with van der Waals surface area (Å²) in [6.45, 7) is 2.47. The van der Waals surface area contributed by atoms with Crippen LogP contribution in [0.2, 0.25) is 5.02 Å². The first-order valence-corrected chi connectivity index (χ1v) is 9.05. The quantitative estimate of drug-likeness (QED) is 0.522. The minimum Gasteiger partial charge on any atom is -0.494 e. The van der Waals surface area contributed by atoms with E-state index < -0.39 is 5.82 Å². The van der Waals surface area contributed by atoms with Gasteiger partial charge < -0.3 is 4.74 Å². The molecule has 1 amide bonds. The van der Waals surface area contributed by atoms with Gasteiger partial charge in [0.1, 0.15) is 11.6 Å². The van der Waals surface area contributed by atoms with E-state index in [1.807, 2.05) is 31.2 Å². The van der Waals surface area contributed by atoms with Crippen LogP contribution < -0.4 is 9.64 Å². The van der Waals surface area contributed by atoms with E-state index in [0.717, 1.165) is 11.3 Å². The molecule has 1 aliphatic heterocycles. The van der Waals surface area contributed by atoms with Gasteiger partial charge in [-0.15, -0.1) is 0 Å². The molecule has 1 saturated heterocycles. The van der Waals surface area contributed by atoms with E-state index in [1.165, 1.54) is 34.9 Å². The number of hydrogen-bond acceptors (Lipinski definition) is 4. The third-order valence-electron chi connectivity index (χ3n) is 3.42. The van der Waals surface area contributed by atoms with E-state index in [-0.39, 0.29) is 10.9 Å². The standard InChI is InChI=1S/C18H13ClFNO2S2/c1-2-23-13-5-3-4-11(8-13)9-16-17(22)21(18(24)25-16)12-6-7-15(20)14(19)10-12/h3-10H,2H2,1H3/b16-9-. The molecule has 1 aliphatic rings. The number of anilines is 1. The average molecular weight is 394 g/mol. The summed E-state index contributed by atoms with van der Waals surface area (Å²) < 4.78 is 19.2. The lowest BCUT2D eigenvalue weighted by Gasteiger charge is -2.14. The maximum absolute atomic E-state index is 13.3. The van der Waals surface area contributed by atoms with Crippen LogP contribution in [0.4, 0.5) is 10.1 Å². The first kappa shape index (κ1) is 17.9. The molecule has 3 nitrogen and oxygen atoms in total. The van der Waals surface area contributed by atoms with E-state index in [4.69, 9.17) is 28.6 Å². The maximum Gasteiger partial charge on any atom is 0.270 e. The van der Waals surface area contributed by atoms with Crippen molar-refractivity contribution in [3.05, 3.63) is 63.8 Å². The number of thiocarbonyl (C=S) groups is 1. The van der Waals surface area contributed by atoms with Gasteiger partial charge in [0.15, 0.2) is 4.32 Å². The number of thioether (sulfide) groups is 1. The van der Waals surface area contributed by atoms with Crippen molar-refractivity contribution in [2.75, 3.05) is 11.5 Å². The highest BCUT2D eigenvalue weighted by Crippen LogP contribution is 2.37. The number of nitrogens with zero attached hydrogens (tertiary/aromatic N) is 1. The molecule has 1 fully saturated rings. The van der Waals surface area contributed by atoms with Gasteiger partial charge in [0, 0.05) is 0 Å². The van der Waals surface area contributed by atoms with Crippen molar-refractivity contribution in [1.82, 2.24) is 0 Å². The van der Waals surface area contributed by atoms with Crippen molar-refractivity contribution in [2.24, 2.45) is 0 Å². The molecule has 3 rings (SSSR count). The molecule has 2 aromatic carbocycles. The Bertz CT molecular complexity index is 885. The van der Waals surface area contributed by atoms with Crippen LogP contribution in [0.25, 0.3) is 6.08 Å². The van der Waals surface area contributed by atoms with Crippen LogP contribution in [0.5, 0.6) is 5.75 Å². The molecule has 1 heterocycles. The number of carbonyl (C=O) groups is 1. The first-order valence-electron chi connectivity index (χ1n) is 7.45. The smallest absolute Gasteiger partial charge is 0.270 e. The van der Waals surface area contributed by atoms with E-state index in [2.05, 4.69) is 0 Å². The van der Waals surface area contributed by atoms with Crippen molar-refractivity contribution in [3.63, 3.8) is 0 Å². The lowest BCUT2D eigenvalue weighted by Crippen LogP contribution is -2.27. The zero-order chi connectivity index (χ0) is 18.0. The van der Waals surface area contributed by atoms with Crippen LogP contribution in [0, 0.1) is 5.82 Å². The Hall–Kier alpha value is -1.89. The summed E-state index contributed by atoms with van der Waals surface area (Å²) in [5, 5.41) is -0.0556. The van der Waals surface area contributed by atoms with Crippen molar-refractivity contribution in [1.29, 1.82) is 0 Å². The zero-order valence-corrected chi connectivity index (χ0v) is 15.6. The lowest BCUT2D eigenvalue weighted by molar-refractivity contribution is -0.113. The molecule has 0 N–H and O–H groups in total. The van der Waals surface area contributed by atoms with Gasteiger partial charge in [-0.1, -0.05) is 47.7 Å². The number of hydrogen-bond donors (Lipinski definition) is 0. The summed E-state index contributed by atoms with van der Waals surface area (Å²) in [6.07, 6.45) is 1.76. The van der Waals surface area contributed by atoms with Gasteiger partial charge in [-0.3, -0.25) is 9.69 Å². The van der Waals surface area contributed by atoms with Gasteiger partial charge in [0.2, 0.25) is 0 Å². The van der Waals surface area contributed by atoms with E-state index in [0.29, 0.717) is 21.5 Å². The molecule has 128 valence electrons. The predicted molar refractivity (Wildman–Crippen MR) is 105 cm³/mol. The lowest BCUT2D eigenvalue weighted by atomic mass is 10.2. The number of amides is 1. The second-order valence-corrected chi connectivity index (χ2v) is 7.20. The van der Waals surface area contributed by atoms with Gasteiger partial charge in [-0.2, -0.15) is 0 Å².